The molecule has 0 bridgehead atoms. The summed E-state index contributed by atoms with van der Waals surface area (Å²) >= 11 is 0. The summed E-state index contributed by atoms with van der Waals surface area (Å²) in [6.07, 6.45) is 1.21. The molecular weight excluding hydrogens is 216 g/mol. The van der Waals surface area contributed by atoms with Crippen molar-refractivity contribution in [2.24, 2.45) is 0 Å². The van der Waals surface area contributed by atoms with Gasteiger partial charge in [0.1, 0.15) is 0 Å². The zero-order valence-corrected chi connectivity index (χ0v) is 11.3. The van der Waals surface area contributed by atoms with Gasteiger partial charge in [-0.3, -0.25) is 0 Å². The highest BCUT2D eigenvalue weighted by Crippen LogP contribution is 2.29. The molecule has 0 fully saturated rings. The van der Waals surface area contributed by atoms with E-state index in [0.717, 1.165) is 17.9 Å². The van der Waals surface area contributed by atoms with E-state index < -0.39 is 0 Å². The van der Waals surface area contributed by atoms with Crippen LogP contribution in [0.25, 0.3) is 0 Å². The van der Waals surface area contributed by atoms with Gasteiger partial charge in [0.15, 0.2) is 11.5 Å². The van der Waals surface area contributed by atoms with Gasteiger partial charge < -0.3 is 14.2 Å². The second-order valence-electron chi connectivity index (χ2n) is 4.40. The molecule has 0 saturated carbocycles. The first-order valence-corrected chi connectivity index (χ1v) is 5.93. The summed E-state index contributed by atoms with van der Waals surface area (Å²) in [5, 5.41) is 0. The average Bonchev–Trinajstić information content (AvgIpc) is 2.28. The molecule has 0 saturated heterocycles. The van der Waals surface area contributed by atoms with Crippen molar-refractivity contribution in [2.45, 2.75) is 39.4 Å². The fourth-order valence-electron chi connectivity index (χ4n) is 1.61. The highest BCUT2D eigenvalue weighted by atomic mass is 16.5. The van der Waals surface area contributed by atoms with Gasteiger partial charge >= 0.3 is 0 Å². The summed E-state index contributed by atoms with van der Waals surface area (Å²) in [5.41, 5.74) is 1.19. The van der Waals surface area contributed by atoms with Crippen molar-refractivity contribution >= 4 is 0 Å². The monoisotopic (exact) mass is 238 g/mol. The fraction of sp³-hybridized carbons (Fsp3) is 0.571. The highest BCUT2D eigenvalue weighted by Gasteiger charge is 2.09. The summed E-state index contributed by atoms with van der Waals surface area (Å²) in [6.45, 7) is 6.06. The fourth-order valence-corrected chi connectivity index (χ4v) is 1.61. The molecule has 1 aromatic rings. The lowest BCUT2D eigenvalue weighted by Gasteiger charge is -2.16. The van der Waals surface area contributed by atoms with Crippen molar-refractivity contribution in [1.29, 1.82) is 0 Å². The first-order chi connectivity index (χ1) is 8.06. The highest BCUT2D eigenvalue weighted by molar-refractivity contribution is 5.43. The van der Waals surface area contributed by atoms with Gasteiger partial charge in [-0.1, -0.05) is 6.07 Å². The van der Waals surface area contributed by atoms with E-state index in [0.29, 0.717) is 0 Å². The number of rotatable bonds is 6. The molecule has 0 aliphatic heterocycles. The maximum atomic E-state index is 5.73. The molecule has 0 radical (unpaired) electrons. The molecule has 0 heterocycles. The molecule has 96 valence electrons. The minimum absolute atomic E-state index is 0.138. The average molecular weight is 238 g/mol. The van der Waals surface area contributed by atoms with Crippen LogP contribution in [0.3, 0.4) is 0 Å². The zero-order chi connectivity index (χ0) is 12.8. The Morgan fingerprint density at radius 3 is 2.29 bits per heavy atom. The van der Waals surface area contributed by atoms with Crippen LogP contribution >= 0.6 is 0 Å². The number of ether oxygens (including phenoxy) is 3. The van der Waals surface area contributed by atoms with Gasteiger partial charge in [0.25, 0.3) is 0 Å². The predicted molar refractivity (Wildman–Crippen MR) is 68.9 cm³/mol. The van der Waals surface area contributed by atoms with Crippen LogP contribution in [-0.2, 0) is 11.2 Å². The minimum Gasteiger partial charge on any atom is -0.493 e. The molecule has 1 aromatic carbocycles. The van der Waals surface area contributed by atoms with Crippen molar-refractivity contribution in [3.8, 4) is 11.5 Å². The Hall–Kier alpha value is -1.22. The molecule has 0 aliphatic carbocycles. The molecular formula is C14H22O3. The third-order valence-electron chi connectivity index (χ3n) is 2.52. The Labute approximate surface area is 104 Å². The van der Waals surface area contributed by atoms with Crippen LogP contribution in [0.5, 0.6) is 11.5 Å². The Morgan fingerprint density at radius 2 is 1.76 bits per heavy atom. The van der Waals surface area contributed by atoms with Crippen LogP contribution in [0, 0.1) is 0 Å². The third-order valence-corrected chi connectivity index (χ3v) is 2.52. The maximum Gasteiger partial charge on any atom is 0.161 e. The maximum absolute atomic E-state index is 5.73. The smallest absolute Gasteiger partial charge is 0.161 e. The molecule has 0 amide bonds. The van der Waals surface area contributed by atoms with E-state index in [-0.39, 0.29) is 12.2 Å². The lowest BCUT2D eigenvalue weighted by molar-refractivity contribution is 0.118. The molecule has 3 heteroatoms. The van der Waals surface area contributed by atoms with E-state index >= 15 is 0 Å². The van der Waals surface area contributed by atoms with Crippen molar-refractivity contribution in [3.63, 3.8) is 0 Å². The Morgan fingerprint density at radius 1 is 1.06 bits per heavy atom. The predicted octanol–water partition coefficient (Wildman–Crippen LogP) is 3.06. The van der Waals surface area contributed by atoms with E-state index in [2.05, 4.69) is 0 Å². The second-order valence-corrected chi connectivity index (χ2v) is 4.40. The van der Waals surface area contributed by atoms with Gasteiger partial charge in [-0.2, -0.15) is 0 Å². The van der Waals surface area contributed by atoms with E-state index in [4.69, 9.17) is 14.2 Å². The number of hydrogen-bond donors (Lipinski definition) is 0. The molecule has 0 aliphatic rings. The summed E-state index contributed by atoms with van der Waals surface area (Å²) in [7, 11) is 3.37. The van der Waals surface area contributed by atoms with Crippen molar-refractivity contribution in [2.75, 3.05) is 14.2 Å². The van der Waals surface area contributed by atoms with Gasteiger partial charge in [-0.15, -0.1) is 0 Å². The lowest BCUT2D eigenvalue weighted by Crippen LogP contribution is -2.10. The SMILES string of the molecule is COc1ccc(CC(C)OC)cc1OC(C)C. The molecule has 17 heavy (non-hydrogen) atoms. The number of methoxy groups -OCH3 is 2. The molecule has 1 unspecified atom stereocenters. The van der Waals surface area contributed by atoms with Crippen LogP contribution in [0.4, 0.5) is 0 Å². The largest absolute Gasteiger partial charge is 0.493 e. The molecule has 1 atom stereocenters. The number of benzene rings is 1. The Kier molecular flexibility index (Phi) is 5.29. The van der Waals surface area contributed by atoms with Gasteiger partial charge in [-0.25, -0.2) is 0 Å². The standard InChI is InChI=1S/C14H22O3/c1-10(2)17-14-9-12(8-11(3)15-4)6-7-13(14)16-5/h6-7,9-11H,8H2,1-5H3. The molecule has 0 N–H and O–H groups in total. The van der Waals surface area contributed by atoms with Crippen LogP contribution in [0.2, 0.25) is 0 Å². The van der Waals surface area contributed by atoms with Crippen molar-refractivity contribution in [1.82, 2.24) is 0 Å². The van der Waals surface area contributed by atoms with E-state index in [9.17, 15) is 0 Å². The number of hydrogen-bond acceptors (Lipinski definition) is 3. The summed E-state index contributed by atoms with van der Waals surface area (Å²) in [4.78, 5) is 0. The van der Waals surface area contributed by atoms with Crippen molar-refractivity contribution in [3.05, 3.63) is 23.8 Å². The lowest BCUT2D eigenvalue weighted by atomic mass is 10.1. The first-order valence-electron chi connectivity index (χ1n) is 5.93. The van der Waals surface area contributed by atoms with Crippen LogP contribution in [0.1, 0.15) is 26.3 Å². The molecule has 3 nitrogen and oxygen atoms in total. The van der Waals surface area contributed by atoms with E-state index in [1.165, 1.54) is 5.56 Å². The van der Waals surface area contributed by atoms with Crippen molar-refractivity contribution < 1.29 is 14.2 Å². The third kappa shape index (κ3) is 4.27. The molecule has 0 aromatic heterocycles. The van der Waals surface area contributed by atoms with Gasteiger partial charge in [-0.05, 0) is 44.9 Å². The second kappa shape index (κ2) is 6.50. The Bertz CT molecular complexity index is 347. The quantitative estimate of drug-likeness (QED) is 0.762. The molecule has 1 rings (SSSR count). The first kappa shape index (κ1) is 13.8. The van der Waals surface area contributed by atoms with Gasteiger partial charge in [0.05, 0.1) is 19.3 Å². The Balaban J connectivity index is 2.88. The summed E-state index contributed by atoms with van der Waals surface area (Å²) < 4.78 is 16.3. The van der Waals surface area contributed by atoms with Crippen LogP contribution in [0.15, 0.2) is 18.2 Å². The van der Waals surface area contributed by atoms with Gasteiger partial charge in [0, 0.05) is 7.11 Å². The summed E-state index contributed by atoms with van der Waals surface area (Å²) in [5.74, 6) is 1.57. The van der Waals surface area contributed by atoms with Crippen LogP contribution < -0.4 is 9.47 Å². The zero-order valence-electron chi connectivity index (χ0n) is 11.3. The van der Waals surface area contributed by atoms with Crippen LogP contribution in [-0.4, -0.2) is 26.4 Å². The van der Waals surface area contributed by atoms with E-state index in [1.807, 2.05) is 39.0 Å². The van der Waals surface area contributed by atoms with Gasteiger partial charge in [0.2, 0.25) is 0 Å². The normalized spacial score (nSPS) is 12.6. The summed E-state index contributed by atoms with van der Waals surface area (Å²) in [6, 6.07) is 6.01. The topological polar surface area (TPSA) is 27.7 Å². The molecule has 0 spiro atoms. The minimum atomic E-state index is 0.138. The van der Waals surface area contributed by atoms with E-state index in [1.54, 1.807) is 14.2 Å².